The Morgan fingerprint density at radius 2 is 1.82 bits per heavy atom. The number of para-hydroxylation sites is 1. The van der Waals surface area contributed by atoms with E-state index in [0.29, 0.717) is 0 Å². The van der Waals surface area contributed by atoms with Crippen LogP contribution in [-0.4, -0.2) is 11.4 Å². The average molecular weight is 310 g/mol. The Balaban J connectivity index is 2.91. The molecule has 0 saturated carbocycles. The van der Waals surface area contributed by atoms with Gasteiger partial charge in [0.05, 0.1) is 5.56 Å². The molecule has 1 N–H and O–H groups in total. The second-order valence-corrected chi connectivity index (χ2v) is 4.76. The lowest BCUT2D eigenvalue weighted by molar-refractivity contribution is -0.137. The molecule has 96 valence electrons. The lowest BCUT2D eigenvalue weighted by atomic mass is 10.0. The van der Waals surface area contributed by atoms with Crippen LogP contribution < -0.4 is 5.32 Å². The summed E-state index contributed by atoms with van der Waals surface area (Å²) in [5.41, 5.74) is -0.478. The van der Waals surface area contributed by atoms with Crippen molar-refractivity contribution in [2.45, 2.75) is 26.1 Å². The molecule has 2 atom stereocenters. The Hall–Kier alpha value is -0.710. The fourth-order valence-corrected chi connectivity index (χ4v) is 1.94. The Labute approximate surface area is 108 Å². The molecule has 0 aliphatic heterocycles. The molecule has 0 fully saturated rings. The van der Waals surface area contributed by atoms with Crippen molar-refractivity contribution < 1.29 is 13.2 Å². The van der Waals surface area contributed by atoms with Crippen LogP contribution in [0.25, 0.3) is 0 Å². The van der Waals surface area contributed by atoms with Gasteiger partial charge in [-0.1, -0.05) is 35.0 Å². The third-order valence-corrected chi connectivity index (χ3v) is 3.73. The number of rotatable bonds is 4. The molecule has 0 aromatic heterocycles. The van der Waals surface area contributed by atoms with Gasteiger partial charge >= 0.3 is 6.18 Å². The van der Waals surface area contributed by atoms with Gasteiger partial charge in [0, 0.05) is 17.1 Å². The van der Waals surface area contributed by atoms with Crippen LogP contribution in [0.1, 0.15) is 19.4 Å². The zero-order valence-electron chi connectivity index (χ0n) is 9.68. The summed E-state index contributed by atoms with van der Waals surface area (Å²) in [7, 11) is 0. The van der Waals surface area contributed by atoms with E-state index in [1.54, 1.807) is 6.07 Å². The maximum Gasteiger partial charge on any atom is 0.418 e. The monoisotopic (exact) mass is 309 g/mol. The molecule has 0 aliphatic carbocycles. The smallest absolute Gasteiger partial charge is 0.382 e. The average Bonchev–Trinajstić information content (AvgIpc) is 2.27. The van der Waals surface area contributed by atoms with Crippen molar-refractivity contribution >= 4 is 21.6 Å². The van der Waals surface area contributed by atoms with Gasteiger partial charge < -0.3 is 5.32 Å². The largest absolute Gasteiger partial charge is 0.418 e. The molecule has 0 aliphatic rings. The molecule has 0 bridgehead atoms. The number of halogens is 4. The first-order valence-electron chi connectivity index (χ1n) is 5.35. The van der Waals surface area contributed by atoms with E-state index in [2.05, 4.69) is 21.2 Å². The zero-order chi connectivity index (χ0) is 13.1. The van der Waals surface area contributed by atoms with E-state index in [0.717, 1.165) is 11.4 Å². The van der Waals surface area contributed by atoms with Crippen molar-refractivity contribution in [2.24, 2.45) is 5.92 Å². The lowest BCUT2D eigenvalue weighted by Crippen LogP contribution is -2.26. The molecule has 17 heavy (non-hydrogen) atoms. The van der Waals surface area contributed by atoms with Gasteiger partial charge in [-0.25, -0.2) is 0 Å². The van der Waals surface area contributed by atoms with Gasteiger partial charge in [-0.3, -0.25) is 0 Å². The predicted molar refractivity (Wildman–Crippen MR) is 67.5 cm³/mol. The quantitative estimate of drug-likeness (QED) is 0.805. The Morgan fingerprint density at radius 3 is 2.35 bits per heavy atom. The zero-order valence-corrected chi connectivity index (χ0v) is 11.3. The lowest BCUT2D eigenvalue weighted by Gasteiger charge is -2.23. The number of benzene rings is 1. The van der Waals surface area contributed by atoms with Gasteiger partial charge in [0.2, 0.25) is 0 Å². The summed E-state index contributed by atoms with van der Waals surface area (Å²) in [4.78, 5) is 0. The summed E-state index contributed by atoms with van der Waals surface area (Å²) >= 11 is 3.32. The normalized spacial score (nSPS) is 15.4. The fraction of sp³-hybridized carbons (Fsp3) is 0.500. The van der Waals surface area contributed by atoms with Crippen molar-refractivity contribution in [1.82, 2.24) is 0 Å². The topological polar surface area (TPSA) is 12.0 Å². The van der Waals surface area contributed by atoms with Crippen LogP contribution in [0.5, 0.6) is 0 Å². The van der Waals surface area contributed by atoms with Crippen LogP contribution >= 0.6 is 15.9 Å². The molecule has 0 saturated heterocycles. The summed E-state index contributed by atoms with van der Waals surface area (Å²) in [6, 6.07) is 5.52. The van der Waals surface area contributed by atoms with E-state index in [9.17, 15) is 13.2 Å². The van der Waals surface area contributed by atoms with Crippen LogP contribution in [0, 0.1) is 5.92 Å². The third kappa shape index (κ3) is 3.91. The Morgan fingerprint density at radius 1 is 1.24 bits per heavy atom. The van der Waals surface area contributed by atoms with Gasteiger partial charge in [-0.15, -0.1) is 0 Å². The highest BCUT2D eigenvalue weighted by Crippen LogP contribution is 2.35. The first-order chi connectivity index (χ1) is 7.86. The van der Waals surface area contributed by atoms with Gasteiger partial charge in [0.25, 0.3) is 0 Å². The minimum absolute atomic E-state index is 0.0297. The van der Waals surface area contributed by atoms with Crippen molar-refractivity contribution in [3.05, 3.63) is 29.8 Å². The maximum absolute atomic E-state index is 12.7. The predicted octanol–water partition coefficient (Wildman–Crippen LogP) is 4.54. The standard InChI is InChI=1S/C12H15BrF3N/c1-8(7-13)9(2)17-11-6-4-3-5-10(11)12(14,15)16/h3-6,8-9,17H,7H2,1-2H3. The Bertz CT molecular complexity index is 365. The highest BCUT2D eigenvalue weighted by Gasteiger charge is 2.33. The molecule has 0 spiro atoms. The second-order valence-electron chi connectivity index (χ2n) is 4.11. The van der Waals surface area contributed by atoms with Crippen LogP contribution in [0.2, 0.25) is 0 Å². The number of alkyl halides is 4. The van der Waals surface area contributed by atoms with Crippen molar-refractivity contribution in [3.63, 3.8) is 0 Å². The van der Waals surface area contributed by atoms with E-state index < -0.39 is 11.7 Å². The van der Waals surface area contributed by atoms with Crippen LogP contribution in [-0.2, 0) is 6.18 Å². The van der Waals surface area contributed by atoms with Crippen molar-refractivity contribution in [1.29, 1.82) is 0 Å². The van der Waals surface area contributed by atoms with E-state index in [1.165, 1.54) is 12.1 Å². The molecule has 0 radical (unpaired) electrons. The molecule has 1 nitrogen and oxygen atoms in total. The highest BCUT2D eigenvalue weighted by atomic mass is 79.9. The summed E-state index contributed by atoms with van der Waals surface area (Å²) in [6.45, 7) is 3.85. The number of hydrogen-bond donors (Lipinski definition) is 1. The first-order valence-corrected chi connectivity index (χ1v) is 6.47. The molecule has 1 rings (SSSR count). The SMILES string of the molecule is CC(CBr)C(C)Nc1ccccc1C(F)(F)F. The summed E-state index contributed by atoms with van der Waals surface area (Å²) in [6.07, 6.45) is -4.32. The van der Waals surface area contributed by atoms with Crippen LogP contribution in [0.3, 0.4) is 0 Å². The van der Waals surface area contributed by atoms with Gasteiger partial charge in [0.1, 0.15) is 0 Å². The van der Waals surface area contributed by atoms with Crippen LogP contribution in [0.4, 0.5) is 18.9 Å². The van der Waals surface area contributed by atoms with Crippen molar-refractivity contribution in [2.75, 3.05) is 10.6 Å². The minimum Gasteiger partial charge on any atom is -0.382 e. The van der Waals surface area contributed by atoms with Gasteiger partial charge in [0.15, 0.2) is 0 Å². The second kappa shape index (κ2) is 5.76. The van der Waals surface area contributed by atoms with E-state index in [4.69, 9.17) is 0 Å². The van der Waals surface area contributed by atoms with E-state index >= 15 is 0 Å². The van der Waals surface area contributed by atoms with E-state index in [-0.39, 0.29) is 17.6 Å². The molecule has 5 heteroatoms. The first kappa shape index (κ1) is 14.4. The maximum atomic E-state index is 12.7. The molecule has 0 heterocycles. The molecule has 0 amide bonds. The molecule has 1 aromatic rings. The number of anilines is 1. The third-order valence-electron chi connectivity index (χ3n) is 2.71. The number of nitrogens with one attached hydrogen (secondary N) is 1. The molecular formula is C12H15BrF3N. The Kier molecular flexibility index (Phi) is 4.86. The van der Waals surface area contributed by atoms with Gasteiger partial charge in [-0.05, 0) is 25.0 Å². The highest BCUT2D eigenvalue weighted by molar-refractivity contribution is 9.09. The molecular weight excluding hydrogens is 295 g/mol. The minimum atomic E-state index is -4.32. The van der Waals surface area contributed by atoms with E-state index in [1.807, 2.05) is 13.8 Å². The molecule has 2 unspecified atom stereocenters. The van der Waals surface area contributed by atoms with Gasteiger partial charge in [-0.2, -0.15) is 13.2 Å². The summed E-state index contributed by atoms with van der Waals surface area (Å²) < 4.78 is 38.2. The number of hydrogen-bond acceptors (Lipinski definition) is 1. The van der Waals surface area contributed by atoms with Crippen LogP contribution in [0.15, 0.2) is 24.3 Å². The fourth-order valence-electron chi connectivity index (χ4n) is 1.38. The summed E-state index contributed by atoms with van der Waals surface area (Å²) in [5, 5.41) is 3.66. The molecule has 1 aromatic carbocycles. The van der Waals surface area contributed by atoms with Crippen molar-refractivity contribution in [3.8, 4) is 0 Å². The summed E-state index contributed by atoms with van der Waals surface area (Å²) in [5.74, 6) is 0.247.